The summed E-state index contributed by atoms with van der Waals surface area (Å²) in [5, 5.41) is 3.38. The van der Waals surface area contributed by atoms with Crippen LogP contribution in [0, 0.1) is 5.82 Å². The van der Waals surface area contributed by atoms with E-state index >= 15 is 0 Å². The smallest absolute Gasteiger partial charge is 0.137 e. The van der Waals surface area contributed by atoms with Crippen LogP contribution in [0.15, 0.2) is 35.1 Å². The van der Waals surface area contributed by atoms with Gasteiger partial charge in [0.05, 0.1) is 4.47 Å². The van der Waals surface area contributed by atoms with Crippen LogP contribution in [0.1, 0.15) is 35.6 Å². The number of nitrogens with zero attached hydrogens (tertiary/aromatic N) is 1. The van der Waals surface area contributed by atoms with Crippen molar-refractivity contribution >= 4 is 15.9 Å². The largest absolute Gasteiger partial charge is 0.349 e. The molecule has 1 aliphatic rings. The lowest BCUT2D eigenvalue weighted by molar-refractivity contribution is 0.498. The predicted molar refractivity (Wildman–Crippen MR) is 82.4 cm³/mol. The first-order valence-corrected chi connectivity index (χ1v) is 7.77. The van der Waals surface area contributed by atoms with Gasteiger partial charge in [-0.3, -0.25) is 0 Å². The second-order valence-corrected chi connectivity index (χ2v) is 6.15. The quantitative estimate of drug-likeness (QED) is 0.895. The summed E-state index contributed by atoms with van der Waals surface area (Å²) in [6, 6.07) is 5.65. The van der Waals surface area contributed by atoms with Gasteiger partial charge in [-0.15, -0.1) is 0 Å². The zero-order valence-electron chi connectivity index (χ0n) is 11.5. The Balaban J connectivity index is 1.89. The van der Waals surface area contributed by atoms with Gasteiger partial charge in [0.25, 0.3) is 0 Å². The van der Waals surface area contributed by atoms with Gasteiger partial charge in [0.1, 0.15) is 5.82 Å². The van der Waals surface area contributed by atoms with Crippen molar-refractivity contribution in [1.82, 2.24) is 9.88 Å². The van der Waals surface area contributed by atoms with E-state index in [1.54, 1.807) is 6.07 Å². The monoisotopic (exact) mass is 336 g/mol. The first-order chi connectivity index (χ1) is 9.69. The molecule has 0 bridgehead atoms. The van der Waals surface area contributed by atoms with E-state index in [0.717, 1.165) is 12.0 Å². The standard InChI is InChI=1S/C16H18BrFN2/c1-19-15-7-3-4-11-8-20(10-13(11)15)9-12-5-2-6-14(18)16(12)17/h2,5-6,8,10,15,19H,3-4,7,9H2,1H3. The molecule has 1 aliphatic carbocycles. The molecular weight excluding hydrogens is 319 g/mol. The average molecular weight is 337 g/mol. The van der Waals surface area contributed by atoms with Crippen molar-refractivity contribution < 1.29 is 4.39 Å². The summed E-state index contributed by atoms with van der Waals surface area (Å²) in [4.78, 5) is 0. The Hall–Kier alpha value is -1.13. The number of hydrogen-bond acceptors (Lipinski definition) is 1. The molecular formula is C16H18BrFN2. The third-order valence-corrected chi connectivity index (χ3v) is 4.93. The molecule has 0 spiro atoms. The van der Waals surface area contributed by atoms with Gasteiger partial charge in [-0.05, 0) is 65.0 Å². The van der Waals surface area contributed by atoms with Crippen molar-refractivity contribution in [2.75, 3.05) is 7.05 Å². The maximum absolute atomic E-state index is 13.6. The number of benzene rings is 1. The normalized spacial score (nSPS) is 18.1. The minimum absolute atomic E-state index is 0.201. The van der Waals surface area contributed by atoms with Crippen LogP contribution in [0.3, 0.4) is 0 Å². The Morgan fingerprint density at radius 2 is 2.25 bits per heavy atom. The first-order valence-electron chi connectivity index (χ1n) is 6.97. The minimum atomic E-state index is -0.201. The van der Waals surface area contributed by atoms with E-state index in [1.165, 1.54) is 30.0 Å². The highest BCUT2D eigenvalue weighted by Gasteiger charge is 2.20. The molecule has 0 saturated carbocycles. The first kappa shape index (κ1) is 13.8. The van der Waals surface area contributed by atoms with E-state index in [9.17, 15) is 4.39 Å². The van der Waals surface area contributed by atoms with Crippen LogP contribution in [0.2, 0.25) is 0 Å². The fourth-order valence-electron chi connectivity index (χ4n) is 3.01. The van der Waals surface area contributed by atoms with E-state index < -0.39 is 0 Å². The van der Waals surface area contributed by atoms with Gasteiger partial charge in [0.15, 0.2) is 0 Å². The molecule has 106 valence electrons. The third-order valence-electron chi connectivity index (χ3n) is 4.04. The lowest BCUT2D eigenvalue weighted by Crippen LogP contribution is -2.20. The summed E-state index contributed by atoms with van der Waals surface area (Å²) in [6.07, 6.45) is 7.97. The van der Waals surface area contributed by atoms with Gasteiger partial charge in [-0.1, -0.05) is 12.1 Å². The van der Waals surface area contributed by atoms with Crippen LogP contribution in [0.25, 0.3) is 0 Å². The summed E-state index contributed by atoms with van der Waals surface area (Å²) >= 11 is 3.33. The van der Waals surface area contributed by atoms with Gasteiger partial charge in [0, 0.05) is 25.0 Å². The summed E-state index contributed by atoms with van der Waals surface area (Å²) < 4.78 is 16.3. The molecule has 1 heterocycles. The number of rotatable bonds is 3. The summed E-state index contributed by atoms with van der Waals surface area (Å²) in [7, 11) is 2.01. The number of fused-ring (bicyclic) bond motifs is 1. The van der Waals surface area contributed by atoms with E-state index in [4.69, 9.17) is 0 Å². The van der Waals surface area contributed by atoms with Crippen molar-refractivity contribution in [1.29, 1.82) is 0 Å². The molecule has 0 saturated heterocycles. The van der Waals surface area contributed by atoms with Gasteiger partial charge >= 0.3 is 0 Å². The van der Waals surface area contributed by atoms with Crippen molar-refractivity contribution in [3.8, 4) is 0 Å². The van der Waals surface area contributed by atoms with Gasteiger partial charge in [0.2, 0.25) is 0 Å². The van der Waals surface area contributed by atoms with E-state index in [-0.39, 0.29) is 5.82 Å². The zero-order valence-corrected chi connectivity index (χ0v) is 13.1. The van der Waals surface area contributed by atoms with Crippen LogP contribution in [0.4, 0.5) is 4.39 Å². The highest BCUT2D eigenvalue weighted by atomic mass is 79.9. The molecule has 1 aromatic carbocycles. The number of hydrogen-bond donors (Lipinski definition) is 1. The van der Waals surface area contributed by atoms with Crippen molar-refractivity contribution in [3.05, 3.63) is 57.6 Å². The Morgan fingerprint density at radius 1 is 1.40 bits per heavy atom. The molecule has 4 heteroatoms. The Bertz CT molecular complexity index is 621. The maximum Gasteiger partial charge on any atom is 0.137 e. The van der Waals surface area contributed by atoms with Gasteiger partial charge < -0.3 is 9.88 Å². The number of halogens is 2. The molecule has 1 unspecified atom stereocenters. The van der Waals surface area contributed by atoms with Crippen LogP contribution in [0.5, 0.6) is 0 Å². The number of aryl methyl sites for hydroxylation is 1. The molecule has 0 amide bonds. The SMILES string of the molecule is CNC1CCCc2cn(Cc3cccc(F)c3Br)cc21. The summed E-state index contributed by atoms with van der Waals surface area (Å²) in [6.45, 7) is 0.696. The Kier molecular flexibility index (Phi) is 3.94. The average Bonchev–Trinajstić information content (AvgIpc) is 2.86. The minimum Gasteiger partial charge on any atom is -0.349 e. The second-order valence-electron chi connectivity index (χ2n) is 5.36. The molecule has 0 radical (unpaired) electrons. The summed E-state index contributed by atoms with van der Waals surface area (Å²) in [5.41, 5.74) is 3.78. The highest BCUT2D eigenvalue weighted by molar-refractivity contribution is 9.10. The molecule has 3 rings (SSSR count). The molecule has 0 fully saturated rings. The van der Waals surface area contributed by atoms with Crippen molar-refractivity contribution in [3.63, 3.8) is 0 Å². The lowest BCUT2D eigenvalue weighted by atomic mass is 9.91. The molecule has 0 aliphatic heterocycles. The van der Waals surface area contributed by atoms with Crippen LogP contribution < -0.4 is 5.32 Å². The van der Waals surface area contributed by atoms with E-state index in [0.29, 0.717) is 17.1 Å². The predicted octanol–water partition coefficient (Wildman–Crippen LogP) is 4.03. The summed E-state index contributed by atoms with van der Waals surface area (Å²) in [5.74, 6) is -0.201. The highest BCUT2D eigenvalue weighted by Crippen LogP contribution is 2.31. The molecule has 2 aromatic rings. The van der Waals surface area contributed by atoms with E-state index in [1.807, 2.05) is 13.1 Å². The van der Waals surface area contributed by atoms with Crippen LogP contribution >= 0.6 is 15.9 Å². The molecule has 2 nitrogen and oxygen atoms in total. The molecule has 1 N–H and O–H groups in total. The second kappa shape index (κ2) is 5.70. The number of aromatic nitrogens is 1. The van der Waals surface area contributed by atoms with Crippen molar-refractivity contribution in [2.45, 2.75) is 31.8 Å². The van der Waals surface area contributed by atoms with Gasteiger partial charge in [-0.25, -0.2) is 4.39 Å². The Morgan fingerprint density at radius 3 is 3.05 bits per heavy atom. The van der Waals surface area contributed by atoms with Gasteiger partial charge in [-0.2, -0.15) is 0 Å². The maximum atomic E-state index is 13.6. The van der Waals surface area contributed by atoms with Crippen LogP contribution in [-0.2, 0) is 13.0 Å². The van der Waals surface area contributed by atoms with Crippen molar-refractivity contribution in [2.24, 2.45) is 0 Å². The van der Waals surface area contributed by atoms with Crippen LogP contribution in [-0.4, -0.2) is 11.6 Å². The number of nitrogens with one attached hydrogen (secondary N) is 1. The topological polar surface area (TPSA) is 17.0 Å². The lowest BCUT2D eigenvalue weighted by Gasteiger charge is -2.21. The fourth-order valence-corrected chi connectivity index (χ4v) is 3.40. The molecule has 20 heavy (non-hydrogen) atoms. The Labute approximate surface area is 127 Å². The molecule has 1 aromatic heterocycles. The third kappa shape index (κ3) is 2.54. The fraction of sp³-hybridized carbons (Fsp3) is 0.375. The van der Waals surface area contributed by atoms with E-state index in [2.05, 4.69) is 38.2 Å². The zero-order chi connectivity index (χ0) is 14.1. The molecule has 1 atom stereocenters.